The second-order valence-corrected chi connectivity index (χ2v) is 5.75. The molecule has 0 fully saturated rings. The Labute approximate surface area is 116 Å². The summed E-state index contributed by atoms with van der Waals surface area (Å²) in [7, 11) is 1.63. The summed E-state index contributed by atoms with van der Waals surface area (Å²) in [6.45, 7) is 3.66. The van der Waals surface area contributed by atoms with Crippen molar-refractivity contribution in [2.45, 2.75) is 37.4 Å². The third kappa shape index (κ3) is 2.94. The summed E-state index contributed by atoms with van der Waals surface area (Å²) in [4.78, 5) is 23.4. The predicted molar refractivity (Wildman–Crippen MR) is 73.4 cm³/mol. The van der Waals surface area contributed by atoms with Crippen molar-refractivity contribution in [1.82, 2.24) is 9.88 Å². The van der Waals surface area contributed by atoms with Gasteiger partial charge in [0.25, 0.3) is 0 Å². The Kier molecular flexibility index (Phi) is 4.19. The fourth-order valence-corrected chi connectivity index (χ4v) is 3.33. The fraction of sp³-hybridized carbons (Fsp3) is 0.538. The molecule has 0 saturated carbocycles. The number of carbonyl (C=O) groups is 2. The number of hydrogen-bond acceptors (Lipinski definition) is 4. The van der Waals surface area contributed by atoms with Crippen molar-refractivity contribution in [1.29, 1.82) is 0 Å². The van der Waals surface area contributed by atoms with Crippen LogP contribution in [-0.2, 0) is 9.53 Å². The molecule has 1 N–H and O–H groups in total. The molecule has 0 spiro atoms. The van der Waals surface area contributed by atoms with Gasteiger partial charge in [-0.3, -0.25) is 4.79 Å². The zero-order valence-electron chi connectivity index (χ0n) is 11.3. The Hall–Kier alpha value is -1.43. The number of carbonyl (C=O) groups excluding carboxylic acids is 2. The van der Waals surface area contributed by atoms with E-state index < -0.39 is 0 Å². The van der Waals surface area contributed by atoms with E-state index in [9.17, 15) is 9.59 Å². The lowest BCUT2D eigenvalue weighted by molar-refractivity contribution is -0.121. The first-order valence-electron chi connectivity index (χ1n) is 6.28. The summed E-state index contributed by atoms with van der Waals surface area (Å²) in [5.41, 5.74) is 0.595. The van der Waals surface area contributed by atoms with Crippen molar-refractivity contribution in [3.05, 3.63) is 17.8 Å². The van der Waals surface area contributed by atoms with Gasteiger partial charge in [-0.1, -0.05) is 0 Å². The number of hydrogen-bond donors (Lipinski definition) is 1. The van der Waals surface area contributed by atoms with Gasteiger partial charge in [0.15, 0.2) is 0 Å². The van der Waals surface area contributed by atoms with Crippen molar-refractivity contribution >= 4 is 23.6 Å². The number of thioether (sulfide) groups is 1. The van der Waals surface area contributed by atoms with Gasteiger partial charge in [-0.15, -0.1) is 11.8 Å². The highest BCUT2D eigenvalue weighted by molar-refractivity contribution is 7.99. The summed E-state index contributed by atoms with van der Waals surface area (Å²) < 4.78 is 7.21. The van der Waals surface area contributed by atoms with Crippen molar-refractivity contribution in [3.8, 4) is 0 Å². The maximum atomic E-state index is 11.9. The largest absolute Gasteiger partial charge is 0.459 e. The maximum Gasteiger partial charge on any atom is 0.341 e. The van der Waals surface area contributed by atoms with Crippen LogP contribution in [-0.4, -0.2) is 35.3 Å². The zero-order chi connectivity index (χ0) is 14.0. The van der Waals surface area contributed by atoms with Gasteiger partial charge in [0.2, 0.25) is 5.91 Å². The van der Waals surface area contributed by atoms with Crippen LogP contribution in [0.4, 0.5) is 0 Å². The Morgan fingerprint density at radius 1 is 1.58 bits per heavy atom. The van der Waals surface area contributed by atoms with Gasteiger partial charge >= 0.3 is 5.97 Å². The average molecular weight is 282 g/mol. The molecule has 104 valence electrons. The number of rotatable bonds is 4. The van der Waals surface area contributed by atoms with Gasteiger partial charge in [0, 0.05) is 25.4 Å². The molecule has 1 unspecified atom stereocenters. The molecular formula is C13H18N2O3S. The summed E-state index contributed by atoms with van der Waals surface area (Å²) in [5.74, 6) is 0.529. The van der Waals surface area contributed by atoms with Crippen LogP contribution in [0.1, 0.15) is 36.7 Å². The van der Waals surface area contributed by atoms with Crippen LogP contribution in [0.15, 0.2) is 17.3 Å². The first-order valence-corrected chi connectivity index (χ1v) is 7.26. The standard InChI is InChI=1S/C13H18N2O3S/c1-8(2)18-13(17)10-4-5-15-9(6-11(16)14-3)7-19-12(10)15/h4-5,8-9H,6-7H2,1-3H3,(H,14,16). The maximum absolute atomic E-state index is 11.9. The van der Waals surface area contributed by atoms with Crippen LogP contribution in [0.5, 0.6) is 0 Å². The zero-order valence-corrected chi connectivity index (χ0v) is 12.1. The van der Waals surface area contributed by atoms with Crippen molar-refractivity contribution < 1.29 is 14.3 Å². The van der Waals surface area contributed by atoms with E-state index in [0.717, 1.165) is 10.8 Å². The van der Waals surface area contributed by atoms with Crippen molar-refractivity contribution in [2.75, 3.05) is 12.8 Å². The van der Waals surface area contributed by atoms with Gasteiger partial charge in [-0.25, -0.2) is 4.79 Å². The SMILES string of the molecule is CNC(=O)CC1CSc2c(C(=O)OC(C)C)ccn21. The number of aromatic nitrogens is 1. The molecule has 1 amide bonds. The summed E-state index contributed by atoms with van der Waals surface area (Å²) in [6.07, 6.45) is 2.17. The second-order valence-electron chi connectivity index (χ2n) is 4.74. The van der Waals surface area contributed by atoms with Gasteiger partial charge in [0.1, 0.15) is 0 Å². The molecule has 0 bridgehead atoms. The summed E-state index contributed by atoms with van der Waals surface area (Å²) in [6, 6.07) is 1.88. The van der Waals surface area contributed by atoms with Crippen LogP contribution in [0.2, 0.25) is 0 Å². The van der Waals surface area contributed by atoms with E-state index >= 15 is 0 Å². The first-order chi connectivity index (χ1) is 9.02. The summed E-state index contributed by atoms with van der Waals surface area (Å²) in [5, 5.41) is 3.53. The number of ether oxygens (including phenoxy) is 1. The quantitative estimate of drug-likeness (QED) is 0.856. The topological polar surface area (TPSA) is 60.3 Å². The van der Waals surface area contributed by atoms with Crippen LogP contribution in [0.25, 0.3) is 0 Å². The Morgan fingerprint density at radius 3 is 2.95 bits per heavy atom. The van der Waals surface area contributed by atoms with E-state index in [4.69, 9.17) is 4.74 Å². The van der Waals surface area contributed by atoms with Gasteiger partial charge in [-0.2, -0.15) is 0 Å². The molecule has 1 aliphatic heterocycles. The van der Waals surface area contributed by atoms with Crippen LogP contribution in [0, 0.1) is 0 Å². The predicted octanol–water partition coefficient (Wildman–Crippen LogP) is 1.84. The number of amides is 1. The Bertz CT molecular complexity index is 496. The number of esters is 1. The molecule has 0 aromatic carbocycles. The molecule has 6 heteroatoms. The van der Waals surface area contributed by atoms with Gasteiger partial charge < -0.3 is 14.6 Å². The van der Waals surface area contributed by atoms with Gasteiger partial charge in [-0.05, 0) is 19.9 Å². The molecular weight excluding hydrogens is 264 g/mol. The molecule has 2 rings (SSSR count). The van der Waals surface area contributed by atoms with E-state index in [1.54, 1.807) is 24.9 Å². The second kappa shape index (κ2) is 5.69. The number of nitrogens with one attached hydrogen (secondary N) is 1. The molecule has 1 aliphatic rings. The van der Waals surface area contributed by atoms with Crippen LogP contribution in [0.3, 0.4) is 0 Å². The monoisotopic (exact) mass is 282 g/mol. The smallest absolute Gasteiger partial charge is 0.341 e. The molecule has 2 heterocycles. The average Bonchev–Trinajstić information content (AvgIpc) is 2.90. The molecule has 0 saturated heterocycles. The third-order valence-corrected chi connectivity index (χ3v) is 4.19. The lowest BCUT2D eigenvalue weighted by Crippen LogP contribution is -2.22. The van der Waals surface area contributed by atoms with E-state index in [2.05, 4.69) is 5.32 Å². The van der Waals surface area contributed by atoms with E-state index in [-0.39, 0.29) is 24.0 Å². The first kappa shape index (κ1) is 14.0. The van der Waals surface area contributed by atoms with Crippen LogP contribution < -0.4 is 5.32 Å². The highest BCUT2D eigenvalue weighted by Gasteiger charge is 2.29. The minimum absolute atomic E-state index is 0.0125. The Balaban J connectivity index is 2.14. The molecule has 1 aromatic rings. The summed E-state index contributed by atoms with van der Waals surface area (Å²) >= 11 is 1.60. The fourth-order valence-electron chi connectivity index (χ4n) is 2.03. The highest BCUT2D eigenvalue weighted by atomic mass is 32.2. The molecule has 0 radical (unpaired) electrons. The normalized spacial score (nSPS) is 17.4. The molecule has 0 aliphatic carbocycles. The van der Waals surface area contributed by atoms with Crippen molar-refractivity contribution in [3.63, 3.8) is 0 Å². The minimum Gasteiger partial charge on any atom is -0.459 e. The van der Waals surface area contributed by atoms with E-state index in [1.807, 2.05) is 24.6 Å². The number of fused-ring (bicyclic) bond motifs is 1. The molecule has 5 nitrogen and oxygen atoms in total. The van der Waals surface area contributed by atoms with E-state index in [0.29, 0.717) is 12.0 Å². The van der Waals surface area contributed by atoms with Gasteiger partial charge in [0.05, 0.1) is 22.7 Å². The lowest BCUT2D eigenvalue weighted by atomic mass is 10.2. The van der Waals surface area contributed by atoms with Crippen molar-refractivity contribution in [2.24, 2.45) is 0 Å². The van der Waals surface area contributed by atoms with Crippen LogP contribution >= 0.6 is 11.8 Å². The highest BCUT2D eigenvalue weighted by Crippen LogP contribution is 2.38. The number of nitrogens with zero attached hydrogens (tertiary/aromatic N) is 1. The lowest BCUT2D eigenvalue weighted by Gasteiger charge is -2.11. The molecule has 1 atom stereocenters. The Morgan fingerprint density at radius 2 is 2.32 bits per heavy atom. The van der Waals surface area contributed by atoms with E-state index in [1.165, 1.54) is 0 Å². The third-order valence-electron chi connectivity index (χ3n) is 2.94. The minimum atomic E-state index is -0.295. The molecule has 1 aromatic heterocycles. The molecule has 19 heavy (non-hydrogen) atoms.